The Morgan fingerprint density at radius 1 is 1.39 bits per heavy atom. The smallest absolute Gasteiger partial charge is 0.0757 e. The van der Waals surface area contributed by atoms with Crippen LogP contribution in [0.5, 0.6) is 0 Å². The van der Waals surface area contributed by atoms with Crippen LogP contribution in [-0.2, 0) is 4.74 Å². The van der Waals surface area contributed by atoms with Gasteiger partial charge in [0.15, 0.2) is 0 Å². The number of hydrogen-bond acceptors (Lipinski definition) is 3. The van der Waals surface area contributed by atoms with E-state index in [-0.39, 0.29) is 11.1 Å². The van der Waals surface area contributed by atoms with Crippen molar-refractivity contribution in [1.29, 1.82) is 0 Å². The fourth-order valence-corrected chi connectivity index (χ4v) is 3.98. The normalized spacial score (nSPS) is 41.2. The maximum absolute atomic E-state index is 6.17. The SMILES string of the molecule is CCC1CCC(CN)(N2CC(C)OC(C)(C)C2)C1. The molecule has 3 unspecified atom stereocenters. The molecule has 1 saturated carbocycles. The van der Waals surface area contributed by atoms with E-state index in [4.69, 9.17) is 10.5 Å². The van der Waals surface area contributed by atoms with E-state index in [0.29, 0.717) is 6.10 Å². The van der Waals surface area contributed by atoms with Gasteiger partial charge in [0.2, 0.25) is 0 Å². The lowest BCUT2D eigenvalue weighted by Gasteiger charge is -2.50. The first-order chi connectivity index (χ1) is 8.41. The molecule has 0 amide bonds. The molecule has 0 spiro atoms. The summed E-state index contributed by atoms with van der Waals surface area (Å²) in [6, 6.07) is 0. The number of ether oxygens (including phenoxy) is 1. The van der Waals surface area contributed by atoms with E-state index < -0.39 is 0 Å². The number of morpholine rings is 1. The highest BCUT2D eigenvalue weighted by molar-refractivity contribution is 5.02. The highest BCUT2D eigenvalue weighted by atomic mass is 16.5. The van der Waals surface area contributed by atoms with Gasteiger partial charge in [-0.25, -0.2) is 0 Å². The third kappa shape index (κ3) is 2.73. The van der Waals surface area contributed by atoms with E-state index in [2.05, 4.69) is 32.6 Å². The molecule has 0 radical (unpaired) electrons. The molecule has 2 N–H and O–H groups in total. The quantitative estimate of drug-likeness (QED) is 0.840. The Balaban J connectivity index is 2.13. The van der Waals surface area contributed by atoms with Gasteiger partial charge >= 0.3 is 0 Å². The van der Waals surface area contributed by atoms with Crippen LogP contribution in [0.1, 0.15) is 53.4 Å². The van der Waals surface area contributed by atoms with Crippen molar-refractivity contribution in [3.05, 3.63) is 0 Å². The van der Waals surface area contributed by atoms with Gasteiger partial charge in [0.25, 0.3) is 0 Å². The summed E-state index contributed by atoms with van der Waals surface area (Å²) in [5, 5.41) is 0. The zero-order valence-corrected chi connectivity index (χ0v) is 12.5. The van der Waals surface area contributed by atoms with Crippen LogP contribution >= 0.6 is 0 Å². The number of nitrogens with two attached hydrogens (primary N) is 1. The molecule has 3 heteroatoms. The van der Waals surface area contributed by atoms with Gasteiger partial charge in [-0.05, 0) is 46.0 Å². The summed E-state index contributed by atoms with van der Waals surface area (Å²) in [6.45, 7) is 11.8. The Kier molecular flexibility index (Phi) is 4.05. The van der Waals surface area contributed by atoms with Crippen LogP contribution in [0.4, 0.5) is 0 Å². The second-order valence-electron chi connectivity index (χ2n) is 7.01. The van der Waals surface area contributed by atoms with E-state index in [1.165, 1.54) is 25.7 Å². The lowest BCUT2D eigenvalue weighted by Crippen LogP contribution is -2.62. The first-order valence-corrected chi connectivity index (χ1v) is 7.54. The fourth-order valence-electron chi connectivity index (χ4n) is 3.98. The van der Waals surface area contributed by atoms with Crippen LogP contribution in [0.2, 0.25) is 0 Å². The molecule has 106 valence electrons. The third-order valence-corrected chi connectivity index (χ3v) is 4.88. The molecule has 2 fully saturated rings. The van der Waals surface area contributed by atoms with Crippen LogP contribution in [0, 0.1) is 5.92 Å². The Labute approximate surface area is 112 Å². The molecule has 0 aromatic carbocycles. The molecule has 3 nitrogen and oxygen atoms in total. The maximum atomic E-state index is 6.17. The lowest BCUT2D eigenvalue weighted by atomic mass is 9.89. The van der Waals surface area contributed by atoms with E-state index in [1.54, 1.807) is 0 Å². The summed E-state index contributed by atoms with van der Waals surface area (Å²) in [7, 11) is 0. The lowest BCUT2D eigenvalue weighted by molar-refractivity contribution is -0.152. The number of rotatable bonds is 3. The number of hydrogen-bond donors (Lipinski definition) is 1. The van der Waals surface area contributed by atoms with Crippen molar-refractivity contribution < 1.29 is 4.74 Å². The molecule has 2 rings (SSSR count). The van der Waals surface area contributed by atoms with Gasteiger partial charge in [0, 0.05) is 25.2 Å². The van der Waals surface area contributed by atoms with Crippen LogP contribution in [0.25, 0.3) is 0 Å². The Hall–Kier alpha value is -0.120. The highest BCUT2D eigenvalue weighted by Gasteiger charge is 2.46. The van der Waals surface area contributed by atoms with Crippen molar-refractivity contribution >= 4 is 0 Å². The monoisotopic (exact) mass is 254 g/mol. The molecule has 1 heterocycles. The molecule has 0 aromatic rings. The first-order valence-electron chi connectivity index (χ1n) is 7.54. The summed E-state index contributed by atoms with van der Waals surface area (Å²) in [5.74, 6) is 0.870. The summed E-state index contributed by atoms with van der Waals surface area (Å²) in [4.78, 5) is 2.64. The molecule has 0 aromatic heterocycles. The minimum Gasteiger partial charge on any atom is -0.370 e. The molecule has 18 heavy (non-hydrogen) atoms. The topological polar surface area (TPSA) is 38.5 Å². The summed E-state index contributed by atoms with van der Waals surface area (Å²) >= 11 is 0. The second kappa shape index (κ2) is 5.10. The van der Waals surface area contributed by atoms with Crippen LogP contribution in [0.3, 0.4) is 0 Å². The average molecular weight is 254 g/mol. The third-order valence-electron chi connectivity index (χ3n) is 4.88. The Bertz CT molecular complexity index is 292. The fraction of sp³-hybridized carbons (Fsp3) is 1.00. The molecule has 0 bridgehead atoms. The molecule has 1 saturated heterocycles. The standard InChI is InChI=1S/C15H30N2O/c1-5-13-6-7-15(8-13,10-16)17-9-12(2)18-14(3,4)11-17/h12-13H,5-11,16H2,1-4H3. The van der Waals surface area contributed by atoms with E-state index in [9.17, 15) is 0 Å². The molecular weight excluding hydrogens is 224 g/mol. The zero-order chi connectivity index (χ0) is 13.4. The maximum Gasteiger partial charge on any atom is 0.0757 e. The average Bonchev–Trinajstić information content (AvgIpc) is 2.71. The van der Waals surface area contributed by atoms with Crippen molar-refractivity contribution in [1.82, 2.24) is 4.90 Å². The largest absolute Gasteiger partial charge is 0.370 e. The van der Waals surface area contributed by atoms with Crippen LogP contribution in [-0.4, -0.2) is 41.8 Å². The molecule has 1 aliphatic carbocycles. The number of nitrogens with zero attached hydrogens (tertiary/aromatic N) is 1. The van der Waals surface area contributed by atoms with Gasteiger partial charge in [-0.15, -0.1) is 0 Å². The van der Waals surface area contributed by atoms with Crippen LogP contribution in [0.15, 0.2) is 0 Å². The zero-order valence-electron chi connectivity index (χ0n) is 12.5. The molecule has 2 aliphatic rings. The van der Waals surface area contributed by atoms with Crippen molar-refractivity contribution in [3.63, 3.8) is 0 Å². The van der Waals surface area contributed by atoms with Gasteiger partial charge < -0.3 is 10.5 Å². The summed E-state index contributed by atoms with van der Waals surface area (Å²) in [5.41, 5.74) is 6.38. The van der Waals surface area contributed by atoms with Gasteiger partial charge in [0.05, 0.1) is 11.7 Å². The summed E-state index contributed by atoms with van der Waals surface area (Å²) < 4.78 is 6.02. The van der Waals surface area contributed by atoms with E-state index in [0.717, 1.165) is 25.6 Å². The van der Waals surface area contributed by atoms with Crippen molar-refractivity contribution in [2.24, 2.45) is 11.7 Å². The Morgan fingerprint density at radius 2 is 2.11 bits per heavy atom. The minimum atomic E-state index is -0.0376. The Morgan fingerprint density at radius 3 is 2.61 bits per heavy atom. The predicted molar refractivity (Wildman–Crippen MR) is 75.6 cm³/mol. The molecule has 1 aliphatic heterocycles. The predicted octanol–water partition coefficient (Wildman–Crippen LogP) is 2.39. The van der Waals surface area contributed by atoms with Crippen LogP contribution < -0.4 is 5.73 Å². The van der Waals surface area contributed by atoms with Crippen molar-refractivity contribution in [3.8, 4) is 0 Å². The van der Waals surface area contributed by atoms with E-state index >= 15 is 0 Å². The van der Waals surface area contributed by atoms with Gasteiger partial charge in [0.1, 0.15) is 0 Å². The van der Waals surface area contributed by atoms with E-state index in [1.807, 2.05) is 0 Å². The van der Waals surface area contributed by atoms with Crippen molar-refractivity contribution in [2.45, 2.75) is 70.6 Å². The summed E-state index contributed by atoms with van der Waals surface area (Å²) in [6.07, 6.45) is 5.51. The van der Waals surface area contributed by atoms with Gasteiger partial charge in [-0.2, -0.15) is 0 Å². The van der Waals surface area contributed by atoms with Gasteiger partial charge in [-0.1, -0.05) is 13.3 Å². The molecule has 3 atom stereocenters. The minimum absolute atomic E-state index is 0.0376. The van der Waals surface area contributed by atoms with Crippen molar-refractivity contribution in [2.75, 3.05) is 19.6 Å². The molecular formula is C15H30N2O. The second-order valence-corrected chi connectivity index (χ2v) is 7.01. The highest BCUT2D eigenvalue weighted by Crippen LogP contribution is 2.42. The first kappa shape index (κ1) is 14.3. The van der Waals surface area contributed by atoms with Gasteiger partial charge in [-0.3, -0.25) is 4.90 Å².